The number of nitrogens with zero attached hydrogens (tertiary/aromatic N) is 1. The lowest BCUT2D eigenvalue weighted by molar-refractivity contribution is 0.0955. The number of hydrogen-bond donors (Lipinski definition) is 2. The Balaban J connectivity index is 2.38. The molecular formula is C16H23N3O3S2. The third kappa shape index (κ3) is 3.88. The number of nitrogens with one attached hydrogen (secondary N) is 2. The molecule has 0 aliphatic carbocycles. The van der Waals surface area contributed by atoms with Gasteiger partial charge in [-0.2, -0.15) is 0 Å². The molecule has 2 heterocycles. The lowest BCUT2D eigenvalue weighted by atomic mass is 9.86. The Kier molecular flexibility index (Phi) is 5.22. The highest BCUT2D eigenvalue weighted by atomic mass is 32.2. The number of thiophene rings is 1. The van der Waals surface area contributed by atoms with E-state index >= 15 is 0 Å². The minimum absolute atomic E-state index is 0.0782. The molecule has 0 aromatic carbocycles. The van der Waals surface area contributed by atoms with Gasteiger partial charge in [0.05, 0.1) is 6.04 Å². The zero-order chi connectivity index (χ0) is 18.1. The molecule has 0 bridgehead atoms. The van der Waals surface area contributed by atoms with Crippen LogP contribution in [0.3, 0.4) is 0 Å². The van der Waals surface area contributed by atoms with Crippen LogP contribution in [0.4, 0.5) is 0 Å². The van der Waals surface area contributed by atoms with Crippen molar-refractivity contribution in [2.45, 2.75) is 31.7 Å². The Labute approximate surface area is 146 Å². The Morgan fingerprint density at radius 2 is 2.00 bits per heavy atom. The minimum atomic E-state index is -3.76. The van der Waals surface area contributed by atoms with Crippen molar-refractivity contribution in [1.29, 1.82) is 0 Å². The average molecular weight is 370 g/mol. The van der Waals surface area contributed by atoms with Crippen LogP contribution in [0, 0.1) is 5.41 Å². The molecule has 2 aromatic rings. The summed E-state index contributed by atoms with van der Waals surface area (Å²) in [5.74, 6) is -0.329. The van der Waals surface area contributed by atoms with Gasteiger partial charge < -0.3 is 9.88 Å². The number of amides is 1. The smallest absolute Gasteiger partial charge is 0.267 e. The Hall–Kier alpha value is -1.64. The molecule has 0 aliphatic heterocycles. The second-order valence-electron chi connectivity index (χ2n) is 6.69. The molecule has 0 unspecified atom stereocenters. The molecule has 8 heteroatoms. The van der Waals surface area contributed by atoms with E-state index in [2.05, 4.69) is 10.0 Å². The van der Waals surface area contributed by atoms with Gasteiger partial charge in [-0.1, -0.05) is 26.8 Å². The van der Waals surface area contributed by atoms with Gasteiger partial charge in [0, 0.05) is 25.2 Å². The molecule has 0 aliphatic rings. The van der Waals surface area contributed by atoms with Crippen LogP contribution in [0.2, 0.25) is 0 Å². The van der Waals surface area contributed by atoms with E-state index < -0.39 is 10.0 Å². The summed E-state index contributed by atoms with van der Waals surface area (Å²) in [7, 11) is -0.605. The molecule has 24 heavy (non-hydrogen) atoms. The molecule has 2 aromatic heterocycles. The highest BCUT2D eigenvalue weighted by molar-refractivity contribution is 7.89. The second-order valence-corrected chi connectivity index (χ2v) is 9.38. The van der Waals surface area contributed by atoms with Crippen LogP contribution in [0.25, 0.3) is 0 Å². The summed E-state index contributed by atoms with van der Waals surface area (Å²) in [6.45, 7) is 5.96. The monoisotopic (exact) mass is 369 g/mol. The molecule has 1 atom stereocenters. The van der Waals surface area contributed by atoms with Crippen LogP contribution in [0.5, 0.6) is 0 Å². The minimum Gasteiger partial charge on any atom is -0.354 e. The molecule has 6 nitrogen and oxygen atoms in total. The summed E-state index contributed by atoms with van der Waals surface area (Å²) in [5, 5.41) is 4.43. The van der Waals surface area contributed by atoms with E-state index in [1.54, 1.807) is 7.05 Å². The predicted octanol–water partition coefficient (Wildman–Crippen LogP) is 2.51. The highest BCUT2D eigenvalue weighted by Crippen LogP contribution is 2.36. The number of hydrogen-bond acceptors (Lipinski definition) is 4. The molecule has 1 amide bonds. The van der Waals surface area contributed by atoms with E-state index in [0.717, 1.165) is 4.88 Å². The van der Waals surface area contributed by atoms with E-state index in [1.165, 1.54) is 35.2 Å². The third-order valence-electron chi connectivity index (χ3n) is 3.72. The molecular weight excluding hydrogens is 346 g/mol. The van der Waals surface area contributed by atoms with Gasteiger partial charge in [0.1, 0.15) is 10.6 Å². The van der Waals surface area contributed by atoms with Gasteiger partial charge in [0.2, 0.25) is 10.0 Å². The van der Waals surface area contributed by atoms with Crippen molar-refractivity contribution in [3.8, 4) is 0 Å². The topological polar surface area (TPSA) is 80.2 Å². The first-order valence-electron chi connectivity index (χ1n) is 7.50. The van der Waals surface area contributed by atoms with Gasteiger partial charge in [-0.15, -0.1) is 11.3 Å². The summed E-state index contributed by atoms with van der Waals surface area (Å²) in [4.78, 5) is 12.8. The van der Waals surface area contributed by atoms with Crippen LogP contribution in [-0.4, -0.2) is 25.9 Å². The maximum absolute atomic E-state index is 12.8. The number of aryl methyl sites for hydroxylation is 1. The first-order chi connectivity index (χ1) is 11.1. The van der Waals surface area contributed by atoms with Crippen molar-refractivity contribution in [3.05, 3.63) is 40.3 Å². The fourth-order valence-electron chi connectivity index (χ4n) is 2.38. The van der Waals surface area contributed by atoms with Crippen molar-refractivity contribution in [1.82, 2.24) is 14.6 Å². The van der Waals surface area contributed by atoms with E-state index in [9.17, 15) is 13.2 Å². The van der Waals surface area contributed by atoms with Gasteiger partial charge in [0.25, 0.3) is 5.91 Å². The summed E-state index contributed by atoms with van der Waals surface area (Å²) in [5.41, 5.74) is -0.00243. The van der Waals surface area contributed by atoms with Crippen LogP contribution < -0.4 is 10.0 Å². The van der Waals surface area contributed by atoms with Crippen molar-refractivity contribution >= 4 is 27.3 Å². The average Bonchev–Trinajstić information content (AvgIpc) is 3.12. The van der Waals surface area contributed by atoms with Gasteiger partial charge in [-0.05, 0) is 22.9 Å². The maximum atomic E-state index is 12.8. The fraction of sp³-hybridized carbons (Fsp3) is 0.438. The summed E-state index contributed by atoms with van der Waals surface area (Å²) >= 11 is 1.51. The van der Waals surface area contributed by atoms with Crippen LogP contribution in [0.1, 0.15) is 42.2 Å². The second kappa shape index (κ2) is 6.70. The third-order valence-corrected chi connectivity index (χ3v) is 6.04. The number of carbonyl (C=O) groups excluding carboxylic acids is 1. The van der Waals surface area contributed by atoms with Gasteiger partial charge in [0.15, 0.2) is 0 Å². The zero-order valence-corrected chi connectivity index (χ0v) is 16.1. The van der Waals surface area contributed by atoms with Crippen molar-refractivity contribution in [2.24, 2.45) is 12.5 Å². The largest absolute Gasteiger partial charge is 0.354 e. The lowest BCUT2D eigenvalue weighted by Gasteiger charge is -2.30. The SMILES string of the molecule is CNC(=O)c1cc(S(=O)(=O)N[C@@H](c2cccs2)C(C)(C)C)cn1C. The summed E-state index contributed by atoms with van der Waals surface area (Å²) in [6.07, 6.45) is 1.45. The molecule has 0 saturated heterocycles. The van der Waals surface area contributed by atoms with E-state index in [4.69, 9.17) is 0 Å². The first kappa shape index (κ1) is 18.7. The number of carbonyl (C=O) groups is 1. The highest BCUT2D eigenvalue weighted by Gasteiger charge is 2.32. The quantitative estimate of drug-likeness (QED) is 0.850. The van der Waals surface area contributed by atoms with Gasteiger partial charge in [-0.3, -0.25) is 4.79 Å². The van der Waals surface area contributed by atoms with Crippen molar-refractivity contribution < 1.29 is 13.2 Å². The molecule has 0 saturated carbocycles. The molecule has 0 spiro atoms. The van der Waals surface area contributed by atoms with Crippen LogP contribution in [-0.2, 0) is 17.1 Å². The van der Waals surface area contributed by atoms with E-state index in [0.29, 0.717) is 5.69 Å². The predicted molar refractivity (Wildman–Crippen MR) is 95.6 cm³/mol. The first-order valence-corrected chi connectivity index (χ1v) is 9.86. The van der Waals surface area contributed by atoms with Gasteiger partial charge >= 0.3 is 0 Å². The van der Waals surface area contributed by atoms with E-state index in [-0.39, 0.29) is 22.3 Å². The Morgan fingerprint density at radius 1 is 1.33 bits per heavy atom. The standard InChI is InChI=1S/C16H23N3O3S2/c1-16(2,3)14(13-7-6-8-23-13)18-24(21,22)11-9-12(15(20)17-4)19(5)10-11/h6-10,14,18H,1-5H3,(H,17,20)/t14-/m0/s1. The Morgan fingerprint density at radius 3 is 2.50 bits per heavy atom. The van der Waals surface area contributed by atoms with Crippen LogP contribution in [0.15, 0.2) is 34.7 Å². The van der Waals surface area contributed by atoms with Crippen molar-refractivity contribution in [3.63, 3.8) is 0 Å². The maximum Gasteiger partial charge on any atom is 0.267 e. The van der Waals surface area contributed by atoms with Crippen LogP contribution >= 0.6 is 11.3 Å². The number of aromatic nitrogens is 1. The normalized spacial score (nSPS) is 13.7. The van der Waals surface area contributed by atoms with Crippen molar-refractivity contribution in [2.75, 3.05) is 7.05 Å². The zero-order valence-electron chi connectivity index (χ0n) is 14.5. The van der Waals surface area contributed by atoms with E-state index in [1.807, 2.05) is 38.3 Å². The fourth-order valence-corrected chi connectivity index (χ4v) is 4.96. The summed E-state index contributed by atoms with van der Waals surface area (Å²) < 4.78 is 29.9. The lowest BCUT2D eigenvalue weighted by Crippen LogP contribution is -2.36. The number of rotatable bonds is 5. The molecule has 2 N–H and O–H groups in total. The Bertz CT molecular complexity index is 815. The molecule has 132 valence electrons. The van der Waals surface area contributed by atoms with Gasteiger partial charge in [-0.25, -0.2) is 13.1 Å². The number of sulfonamides is 1. The summed E-state index contributed by atoms with van der Waals surface area (Å²) in [6, 6.07) is 4.85. The molecule has 2 rings (SSSR count). The molecule has 0 radical (unpaired) electrons. The molecule has 0 fully saturated rings.